The second kappa shape index (κ2) is 6.05. The van der Waals surface area contributed by atoms with Crippen LogP contribution in [-0.2, 0) is 4.74 Å². The minimum atomic E-state index is 0.391. The highest BCUT2D eigenvalue weighted by Gasteiger charge is 2.04. The van der Waals surface area contributed by atoms with E-state index in [0.29, 0.717) is 11.6 Å². The fourth-order valence-corrected chi connectivity index (χ4v) is 1.70. The summed E-state index contributed by atoms with van der Waals surface area (Å²) >= 11 is 8.36. The summed E-state index contributed by atoms with van der Waals surface area (Å²) in [6, 6.07) is 5.75. The Hall–Kier alpha value is -0.650. The van der Waals surface area contributed by atoms with Crippen LogP contribution in [-0.4, -0.2) is 25.2 Å². The second-order valence-electron chi connectivity index (χ2n) is 2.97. The van der Waals surface area contributed by atoms with Crippen LogP contribution in [0.2, 0.25) is 0 Å². The largest absolute Gasteiger partial charge is 0.389 e. The fraction of sp³-hybridized carbons (Fsp3) is 0.300. The summed E-state index contributed by atoms with van der Waals surface area (Å²) in [4.78, 5) is 0.391. The van der Waals surface area contributed by atoms with E-state index < -0.39 is 0 Å². The first-order valence-corrected chi connectivity index (χ1v) is 5.67. The zero-order chi connectivity index (χ0) is 11.3. The predicted molar refractivity (Wildman–Crippen MR) is 70.4 cm³/mol. The standard InChI is InChI=1S/C10H13BrN2OS/c1-14-5-4-13-9-6-7(11)2-3-8(9)10(12)15/h2-3,6,13H,4-5H2,1H3,(H2,12,15). The normalized spacial score (nSPS) is 10.0. The highest BCUT2D eigenvalue weighted by atomic mass is 79.9. The lowest BCUT2D eigenvalue weighted by atomic mass is 10.2. The van der Waals surface area contributed by atoms with Gasteiger partial charge >= 0.3 is 0 Å². The van der Waals surface area contributed by atoms with Crippen LogP contribution in [0.3, 0.4) is 0 Å². The van der Waals surface area contributed by atoms with Crippen molar-refractivity contribution < 1.29 is 4.74 Å². The number of hydrogen-bond acceptors (Lipinski definition) is 3. The summed E-state index contributed by atoms with van der Waals surface area (Å²) in [5.41, 5.74) is 7.39. The first kappa shape index (κ1) is 12.4. The fourth-order valence-electron chi connectivity index (χ4n) is 1.17. The lowest BCUT2D eigenvalue weighted by molar-refractivity contribution is 0.211. The summed E-state index contributed by atoms with van der Waals surface area (Å²) in [6.45, 7) is 1.37. The van der Waals surface area contributed by atoms with Gasteiger partial charge in [0, 0.05) is 29.4 Å². The molecule has 0 aliphatic heterocycles. The van der Waals surface area contributed by atoms with E-state index >= 15 is 0 Å². The minimum Gasteiger partial charge on any atom is -0.389 e. The van der Waals surface area contributed by atoms with Gasteiger partial charge in [0.2, 0.25) is 0 Å². The number of halogens is 1. The molecule has 1 aromatic rings. The molecule has 3 N–H and O–H groups in total. The van der Waals surface area contributed by atoms with Gasteiger partial charge in [0.15, 0.2) is 0 Å². The molecular weight excluding hydrogens is 276 g/mol. The van der Waals surface area contributed by atoms with Gasteiger partial charge in [-0.3, -0.25) is 0 Å². The third-order valence-electron chi connectivity index (χ3n) is 1.87. The van der Waals surface area contributed by atoms with Gasteiger partial charge in [-0.2, -0.15) is 0 Å². The number of hydrogen-bond donors (Lipinski definition) is 2. The number of anilines is 1. The predicted octanol–water partition coefficient (Wildman–Crippen LogP) is 2.14. The van der Waals surface area contributed by atoms with Crippen molar-refractivity contribution in [3.63, 3.8) is 0 Å². The van der Waals surface area contributed by atoms with E-state index in [1.807, 2.05) is 18.2 Å². The van der Waals surface area contributed by atoms with E-state index in [0.717, 1.165) is 22.3 Å². The Morgan fingerprint density at radius 1 is 1.60 bits per heavy atom. The maximum atomic E-state index is 5.61. The van der Waals surface area contributed by atoms with Crippen molar-refractivity contribution in [1.29, 1.82) is 0 Å². The van der Waals surface area contributed by atoms with Gasteiger partial charge in [0.1, 0.15) is 4.99 Å². The third-order valence-corrected chi connectivity index (χ3v) is 2.58. The van der Waals surface area contributed by atoms with E-state index in [2.05, 4.69) is 21.2 Å². The monoisotopic (exact) mass is 288 g/mol. The van der Waals surface area contributed by atoms with E-state index in [1.54, 1.807) is 7.11 Å². The Morgan fingerprint density at radius 3 is 2.93 bits per heavy atom. The van der Waals surface area contributed by atoms with Crippen molar-refractivity contribution >= 4 is 38.8 Å². The molecule has 0 spiro atoms. The molecule has 15 heavy (non-hydrogen) atoms. The van der Waals surface area contributed by atoms with E-state index in [4.69, 9.17) is 22.7 Å². The molecule has 82 valence electrons. The molecule has 0 aliphatic rings. The number of ether oxygens (including phenoxy) is 1. The molecule has 0 bridgehead atoms. The molecule has 0 saturated heterocycles. The molecule has 1 rings (SSSR count). The van der Waals surface area contributed by atoms with Crippen LogP contribution in [0.5, 0.6) is 0 Å². The Balaban J connectivity index is 2.82. The lowest BCUT2D eigenvalue weighted by Crippen LogP contribution is -2.15. The van der Waals surface area contributed by atoms with Crippen LogP contribution in [0, 0.1) is 0 Å². The summed E-state index contributed by atoms with van der Waals surface area (Å²) < 4.78 is 5.94. The van der Waals surface area contributed by atoms with Crippen LogP contribution in [0.4, 0.5) is 5.69 Å². The molecule has 0 unspecified atom stereocenters. The average molecular weight is 289 g/mol. The molecule has 0 aromatic heterocycles. The second-order valence-corrected chi connectivity index (χ2v) is 4.33. The Labute approximate surface area is 103 Å². The van der Waals surface area contributed by atoms with E-state index in [1.165, 1.54) is 0 Å². The maximum Gasteiger partial charge on any atom is 0.106 e. The third kappa shape index (κ3) is 3.77. The van der Waals surface area contributed by atoms with Crippen molar-refractivity contribution in [3.05, 3.63) is 28.2 Å². The molecule has 0 atom stereocenters. The first-order valence-electron chi connectivity index (χ1n) is 4.47. The highest BCUT2D eigenvalue weighted by molar-refractivity contribution is 9.10. The molecular formula is C10H13BrN2OS. The summed E-state index contributed by atoms with van der Waals surface area (Å²) in [5, 5.41) is 3.21. The summed E-state index contributed by atoms with van der Waals surface area (Å²) in [7, 11) is 1.66. The molecule has 0 radical (unpaired) electrons. The van der Waals surface area contributed by atoms with Crippen molar-refractivity contribution in [2.45, 2.75) is 0 Å². The summed E-state index contributed by atoms with van der Waals surface area (Å²) in [6.07, 6.45) is 0. The molecule has 0 amide bonds. The Morgan fingerprint density at radius 2 is 2.33 bits per heavy atom. The number of methoxy groups -OCH3 is 1. The van der Waals surface area contributed by atoms with Gasteiger partial charge in [-0.25, -0.2) is 0 Å². The minimum absolute atomic E-state index is 0.391. The van der Waals surface area contributed by atoms with Gasteiger partial charge < -0.3 is 15.8 Å². The quantitative estimate of drug-likeness (QED) is 0.644. The molecule has 0 aliphatic carbocycles. The summed E-state index contributed by atoms with van der Waals surface area (Å²) in [5.74, 6) is 0. The Bertz CT molecular complexity index is 357. The Kier molecular flexibility index (Phi) is 5.01. The molecule has 3 nitrogen and oxygen atoms in total. The first-order chi connectivity index (χ1) is 7.15. The van der Waals surface area contributed by atoms with Crippen LogP contribution < -0.4 is 11.1 Å². The van der Waals surface area contributed by atoms with E-state index in [9.17, 15) is 0 Å². The van der Waals surface area contributed by atoms with Crippen LogP contribution >= 0.6 is 28.1 Å². The van der Waals surface area contributed by atoms with Gasteiger partial charge in [0.05, 0.1) is 6.61 Å². The number of benzene rings is 1. The van der Waals surface area contributed by atoms with Gasteiger partial charge in [-0.1, -0.05) is 28.1 Å². The van der Waals surface area contributed by atoms with Crippen molar-refractivity contribution in [3.8, 4) is 0 Å². The van der Waals surface area contributed by atoms with Crippen molar-refractivity contribution in [2.24, 2.45) is 5.73 Å². The van der Waals surface area contributed by atoms with E-state index in [-0.39, 0.29) is 0 Å². The molecule has 5 heteroatoms. The maximum absolute atomic E-state index is 5.61. The molecule has 1 aromatic carbocycles. The van der Waals surface area contributed by atoms with Crippen LogP contribution in [0.1, 0.15) is 5.56 Å². The average Bonchev–Trinajstić information content (AvgIpc) is 2.18. The van der Waals surface area contributed by atoms with Gasteiger partial charge in [0.25, 0.3) is 0 Å². The lowest BCUT2D eigenvalue weighted by Gasteiger charge is -2.11. The SMILES string of the molecule is COCCNc1cc(Br)ccc1C(N)=S. The molecule has 0 heterocycles. The molecule has 0 fully saturated rings. The van der Waals surface area contributed by atoms with Gasteiger partial charge in [-0.05, 0) is 18.2 Å². The van der Waals surface area contributed by atoms with Crippen LogP contribution in [0.25, 0.3) is 0 Å². The number of thiocarbonyl (C=S) groups is 1. The number of nitrogens with two attached hydrogens (primary N) is 1. The van der Waals surface area contributed by atoms with Crippen molar-refractivity contribution in [1.82, 2.24) is 0 Å². The topological polar surface area (TPSA) is 47.3 Å². The smallest absolute Gasteiger partial charge is 0.106 e. The zero-order valence-corrected chi connectivity index (χ0v) is 10.8. The van der Waals surface area contributed by atoms with Crippen molar-refractivity contribution in [2.75, 3.05) is 25.6 Å². The molecule has 0 saturated carbocycles. The van der Waals surface area contributed by atoms with Crippen LogP contribution in [0.15, 0.2) is 22.7 Å². The number of rotatable bonds is 5. The number of nitrogens with one attached hydrogen (secondary N) is 1. The zero-order valence-electron chi connectivity index (χ0n) is 8.42. The van der Waals surface area contributed by atoms with Gasteiger partial charge in [-0.15, -0.1) is 0 Å². The highest BCUT2D eigenvalue weighted by Crippen LogP contribution is 2.21.